The molecular formula is C8H15BBrNO3. The molecule has 0 aliphatic carbocycles. The largest absolute Gasteiger partial charge is 0.465 e. The Balaban J connectivity index is 2.61. The van der Waals surface area contributed by atoms with Crippen molar-refractivity contribution in [3.8, 4) is 0 Å². The van der Waals surface area contributed by atoms with Gasteiger partial charge in [-0.1, -0.05) is 15.9 Å². The van der Waals surface area contributed by atoms with E-state index in [2.05, 4.69) is 15.9 Å². The van der Waals surface area contributed by atoms with E-state index in [1.54, 1.807) is 18.6 Å². The fraction of sp³-hybridized carbons (Fsp3) is 0.875. The first-order chi connectivity index (χ1) is 6.56. The average Bonchev–Trinajstić information content (AvgIpc) is 2.48. The van der Waals surface area contributed by atoms with Crippen LogP contribution in [-0.4, -0.2) is 46.9 Å². The van der Waals surface area contributed by atoms with Crippen molar-refractivity contribution in [1.82, 2.24) is 4.81 Å². The van der Waals surface area contributed by atoms with E-state index in [1.165, 1.54) is 0 Å². The van der Waals surface area contributed by atoms with Gasteiger partial charge in [-0.05, 0) is 20.2 Å². The molecule has 14 heavy (non-hydrogen) atoms. The van der Waals surface area contributed by atoms with Crippen LogP contribution in [-0.2, 0) is 9.53 Å². The molecule has 1 aliphatic rings. The molecule has 1 rings (SSSR count). The van der Waals surface area contributed by atoms with E-state index in [0.29, 0.717) is 19.6 Å². The van der Waals surface area contributed by atoms with Crippen molar-refractivity contribution in [1.29, 1.82) is 0 Å². The van der Waals surface area contributed by atoms with Gasteiger partial charge in [-0.2, -0.15) is 0 Å². The normalized spacial score (nSPS) is 27.7. The number of ether oxygens (including phenoxy) is 1. The fourth-order valence-electron chi connectivity index (χ4n) is 1.69. The maximum absolute atomic E-state index is 11.5. The van der Waals surface area contributed by atoms with Crippen LogP contribution in [0.1, 0.15) is 13.3 Å². The van der Waals surface area contributed by atoms with Crippen LogP contribution in [0.2, 0.25) is 6.82 Å². The molecule has 0 aromatic heterocycles. The Hall–Kier alpha value is -0.0651. The number of alkyl halides is 1. The van der Waals surface area contributed by atoms with Crippen LogP contribution in [0.25, 0.3) is 0 Å². The molecule has 2 atom stereocenters. The van der Waals surface area contributed by atoms with Crippen LogP contribution in [0, 0.1) is 0 Å². The second-order valence-electron chi connectivity index (χ2n) is 3.43. The van der Waals surface area contributed by atoms with Crippen molar-refractivity contribution in [3.63, 3.8) is 0 Å². The highest BCUT2D eigenvalue weighted by Crippen LogP contribution is 2.24. The number of carbonyl (C=O) groups excluding carboxylic acids is 1. The molecule has 0 spiro atoms. The molecule has 0 aromatic rings. The van der Waals surface area contributed by atoms with E-state index in [1.807, 2.05) is 0 Å². The minimum absolute atomic E-state index is 0.240. The summed E-state index contributed by atoms with van der Waals surface area (Å²) < 4.78 is 4.94. The molecule has 1 N–H and O–H groups in total. The number of rotatable bonds is 3. The summed E-state index contributed by atoms with van der Waals surface area (Å²) in [5, 5.41) is 9.45. The standard InChI is InChI=1S/C8H15BBrNO3/c1-3-14-8(12)7-4-6(10)5-11(7)9(2)13/h6-7,13H,3-5H2,1-2H3/t6-,7-/m0/s1. The number of esters is 1. The van der Waals surface area contributed by atoms with Crippen LogP contribution in [0.4, 0.5) is 0 Å². The highest BCUT2D eigenvalue weighted by atomic mass is 79.9. The molecule has 0 bridgehead atoms. The van der Waals surface area contributed by atoms with Gasteiger partial charge in [0.15, 0.2) is 0 Å². The minimum atomic E-state index is -0.605. The Morgan fingerprint density at radius 1 is 1.79 bits per heavy atom. The minimum Gasteiger partial charge on any atom is -0.465 e. The van der Waals surface area contributed by atoms with Crippen molar-refractivity contribution >= 4 is 28.9 Å². The first kappa shape index (κ1) is 12.0. The maximum Gasteiger partial charge on any atom is 0.377 e. The van der Waals surface area contributed by atoms with Gasteiger partial charge in [0, 0.05) is 11.4 Å². The van der Waals surface area contributed by atoms with Gasteiger partial charge in [0.1, 0.15) is 6.04 Å². The third kappa shape index (κ3) is 2.71. The van der Waals surface area contributed by atoms with Gasteiger partial charge in [-0.25, -0.2) is 0 Å². The Morgan fingerprint density at radius 3 is 2.93 bits per heavy atom. The first-order valence-corrected chi connectivity index (χ1v) is 5.72. The molecule has 1 fully saturated rings. The smallest absolute Gasteiger partial charge is 0.377 e. The zero-order chi connectivity index (χ0) is 10.7. The molecule has 4 nitrogen and oxygen atoms in total. The molecule has 1 saturated heterocycles. The third-order valence-corrected chi connectivity index (χ3v) is 2.99. The average molecular weight is 264 g/mol. The molecule has 0 aromatic carbocycles. The Kier molecular flexibility index (Phi) is 4.41. The van der Waals surface area contributed by atoms with Gasteiger partial charge in [0.2, 0.25) is 0 Å². The fourth-order valence-corrected chi connectivity index (χ4v) is 2.38. The summed E-state index contributed by atoms with van der Waals surface area (Å²) in [4.78, 5) is 13.5. The SMILES string of the molecule is CCOC(=O)[C@@H]1C[C@H](Br)CN1B(C)O. The van der Waals surface area contributed by atoms with Crippen molar-refractivity contribution in [2.24, 2.45) is 0 Å². The summed E-state index contributed by atoms with van der Waals surface area (Å²) in [7, 11) is -0.605. The summed E-state index contributed by atoms with van der Waals surface area (Å²) in [6, 6.07) is -0.306. The second-order valence-corrected chi connectivity index (χ2v) is 4.72. The number of nitrogens with zero attached hydrogens (tertiary/aromatic N) is 1. The van der Waals surface area contributed by atoms with Gasteiger partial charge in [-0.3, -0.25) is 4.79 Å². The maximum atomic E-state index is 11.5. The molecule has 1 heterocycles. The Labute approximate surface area is 92.9 Å². The van der Waals surface area contributed by atoms with E-state index in [0.717, 1.165) is 0 Å². The molecule has 6 heteroatoms. The summed E-state index contributed by atoms with van der Waals surface area (Å²) in [5.74, 6) is -0.240. The summed E-state index contributed by atoms with van der Waals surface area (Å²) >= 11 is 3.45. The van der Waals surface area contributed by atoms with Crippen LogP contribution in [0.3, 0.4) is 0 Å². The Bertz CT molecular complexity index is 215. The molecule has 80 valence electrons. The highest BCUT2D eigenvalue weighted by Gasteiger charge is 2.39. The van der Waals surface area contributed by atoms with Gasteiger partial charge in [0.25, 0.3) is 0 Å². The van der Waals surface area contributed by atoms with Crippen molar-refractivity contribution in [2.75, 3.05) is 13.2 Å². The van der Waals surface area contributed by atoms with Gasteiger partial charge in [0.05, 0.1) is 6.61 Å². The number of hydrogen-bond donors (Lipinski definition) is 1. The van der Waals surface area contributed by atoms with E-state index < -0.39 is 7.05 Å². The number of hydrogen-bond acceptors (Lipinski definition) is 4. The quantitative estimate of drug-likeness (QED) is 0.458. The monoisotopic (exact) mass is 263 g/mol. The lowest BCUT2D eigenvalue weighted by Crippen LogP contribution is -2.45. The van der Waals surface area contributed by atoms with Gasteiger partial charge >= 0.3 is 13.0 Å². The third-order valence-electron chi connectivity index (χ3n) is 2.33. The Morgan fingerprint density at radius 2 is 2.43 bits per heavy atom. The lowest BCUT2D eigenvalue weighted by Gasteiger charge is -2.22. The molecule has 1 aliphatic heterocycles. The lowest BCUT2D eigenvalue weighted by atomic mass is 9.84. The first-order valence-electron chi connectivity index (χ1n) is 4.80. The molecule has 0 radical (unpaired) electrons. The summed E-state index contributed by atoms with van der Waals surface area (Å²) in [5.41, 5.74) is 0. The van der Waals surface area contributed by atoms with E-state index in [-0.39, 0.29) is 16.8 Å². The predicted molar refractivity (Wildman–Crippen MR) is 58.3 cm³/mol. The molecule has 0 unspecified atom stereocenters. The van der Waals surface area contributed by atoms with Gasteiger partial charge < -0.3 is 14.6 Å². The summed E-state index contributed by atoms with van der Waals surface area (Å²) in [6.45, 7) is 4.51. The second kappa shape index (κ2) is 5.14. The van der Waals surface area contributed by atoms with E-state index in [4.69, 9.17) is 4.74 Å². The predicted octanol–water partition coefficient (Wildman–Crippen LogP) is 0.498. The zero-order valence-corrected chi connectivity index (χ0v) is 10.0. The summed E-state index contributed by atoms with van der Waals surface area (Å²) in [6.07, 6.45) is 0.698. The van der Waals surface area contributed by atoms with Crippen molar-refractivity contribution < 1.29 is 14.6 Å². The number of halogens is 1. The van der Waals surface area contributed by atoms with Crippen LogP contribution >= 0.6 is 15.9 Å². The lowest BCUT2D eigenvalue weighted by molar-refractivity contribution is -0.147. The van der Waals surface area contributed by atoms with Crippen LogP contribution in [0.15, 0.2) is 0 Å². The van der Waals surface area contributed by atoms with Crippen LogP contribution < -0.4 is 0 Å². The van der Waals surface area contributed by atoms with Crippen molar-refractivity contribution in [2.45, 2.75) is 31.0 Å². The number of carbonyl (C=O) groups is 1. The van der Waals surface area contributed by atoms with Crippen molar-refractivity contribution in [3.05, 3.63) is 0 Å². The zero-order valence-electron chi connectivity index (χ0n) is 8.44. The van der Waals surface area contributed by atoms with E-state index >= 15 is 0 Å². The topological polar surface area (TPSA) is 49.8 Å². The molecule has 0 saturated carbocycles. The van der Waals surface area contributed by atoms with Crippen LogP contribution in [0.5, 0.6) is 0 Å². The van der Waals surface area contributed by atoms with E-state index in [9.17, 15) is 9.82 Å². The highest BCUT2D eigenvalue weighted by molar-refractivity contribution is 9.09. The van der Waals surface area contributed by atoms with Gasteiger partial charge in [-0.15, -0.1) is 0 Å². The molecular weight excluding hydrogens is 249 g/mol. The molecule has 0 amide bonds.